The Balaban J connectivity index is 1.51. The summed E-state index contributed by atoms with van der Waals surface area (Å²) in [7, 11) is 0. The molecule has 31 heavy (non-hydrogen) atoms. The van der Waals surface area contributed by atoms with E-state index in [-0.39, 0.29) is 5.91 Å². The number of rotatable bonds is 5. The van der Waals surface area contributed by atoms with Crippen molar-refractivity contribution in [2.45, 2.75) is 32.2 Å². The highest BCUT2D eigenvalue weighted by atomic mass is 16.3. The summed E-state index contributed by atoms with van der Waals surface area (Å²) in [4.78, 5) is 20.4. The highest BCUT2D eigenvalue weighted by Gasteiger charge is 2.36. The van der Waals surface area contributed by atoms with Gasteiger partial charge in [-0.25, -0.2) is 0 Å². The number of hydrogen-bond donors (Lipinski definition) is 2. The van der Waals surface area contributed by atoms with Crippen molar-refractivity contribution in [1.82, 2.24) is 4.90 Å². The second-order valence-corrected chi connectivity index (χ2v) is 8.31. The van der Waals surface area contributed by atoms with Crippen LogP contribution >= 0.6 is 0 Å². The summed E-state index contributed by atoms with van der Waals surface area (Å²) >= 11 is 0. The molecule has 158 valence electrons. The number of amides is 1. The van der Waals surface area contributed by atoms with E-state index in [0.717, 1.165) is 34.8 Å². The number of nitrogens with two attached hydrogens (primary N) is 1. The topological polar surface area (TPSA) is 83.9 Å². The minimum atomic E-state index is -0.517. The van der Waals surface area contributed by atoms with E-state index in [4.69, 9.17) is 15.1 Å². The zero-order chi connectivity index (χ0) is 21.4. The maximum atomic E-state index is 13.0. The van der Waals surface area contributed by atoms with Gasteiger partial charge in [0.25, 0.3) is 0 Å². The molecular formula is C25H26N4O2. The maximum absolute atomic E-state index is 13.0. The molecule has 5 rings (SSSR count). The molecule has 0 aliphatic carbocycles. The van der Waals surface area contributed by atoms with Gasteiger partial charge in [-0.2, -0.15) is 0 Å². The quantitative estimate of drug-likeness (QED) is 0.471. The van der Waals surface area contributed by atoms with Gasteiger partial charge in [0.15, 0.2) is 0 Å². The van der Waals surface area contributed by atoms with E-state index in [0.29, 0.717) is 11.4 Å². The fourth-order valence-corrected chi connectivity index (χ4v) is 4.50. The van der Waals surface area contributed by atoms with E-state index in [2.05, 4.69) is 22.3 Å². The highest BCUT2D eigenvalue weighted by Crippen LogP contribution is 2.38. The van der Waals surface area contributed by atoms with Gasteiger partial charge in [0.05, 0.1) is 17.7 Å². The van der Waals surface area contributed by atoms with Crippen molar-refractivity contribution >= 4 is 28.7 Å². The van der Waals surface area contributed by atoms with Crippen LogP contribution < -0.4 is 11.1 Å². The molecule has 3 aromatic rings. The fourth-order valence-electron chi connectivity index (χ4n) is 4.50. The van der Waals surface area contributed by atoms with E-state index >= 15 is 0 Å². The minimum absolute atomic E-state index is 0.106. The third-order valence-electron chi connectivity index (χ3n) is 6.11. The fraction of sp³-hybridized carbons (Fsp3) is 0.280. The lowest BCUT2D eigenvalue weighted by atomic mass is 9.90. The van der Waals surface area contributed by atoms with E-state index in [1.807, 2.05) is 37.3 Å². The van der Waals surface area contributed by atoms with Crippen LogP contribution in [0, 0.1) is 6.92 Å². The number of nitrogens with one attached hydrogen (secondary N) is 1. The molecule has 0 spiro atoms. The maximum Gasteiger partial charge on any atom is 0.238 e. The molecule has 1 saturated heterocycles. The first-order valence-electron chi connectivity index (χ1n) is 10.7. The summed E-state index contributed by atoms with van der Waals surface area (Å²) in [6, 6.07) is 15.7. The molecule has 3 heterocycles. The molecule has 0 radical (unpaired) electrons. The number of furan rings is 1. The molecule has 1 fully saturated rings. The van der Waals surface area contributed by atoms with E-state index in [1.54, 1.807) is 12.3 Å². The van der Waals surface area contributed by atoms with Crippen molar-refractivity contribution in [2.75, 3.05) is 24.1 Å². The van der Waals surface area contributed by atoms with Gasteiger partial charge >= 0.3 is 0 Å². The van der Waals surface area contributed by atoms with Gasteiger partial charge in [0.2, 0.25) is 5.91 Å². The molecule has 2 aliphatic heterocycles. The number of likely N-dealkylation sites (tertiary alicyclic amines) is 1. The van der Waals surface area contributed by atoms with Crippen LogP contribution in [0.3, 0.4) is 0 Å². The van der Waals surface area contributed by atoms with Gasteiger partial charge < -0.3 is 15.5 Å². The number of aryl methyl sites for hydroxylation is 1. The van der Waals surface area contributed by atoms with Crippen molar-refractivity contribution in [3.63, 3.8) is 0 Å². The third kappa shape index (κ3) is 3.86. The van der Waals surface area contributed by atoms with Gasteiger partial charge in [-0.15, -0.1) is 0 Å². The number of carbonyl (C=O) groups is 1. The van der Waals surface area contributed by atoms with Crippen molar-refractivity contribution in [2.24, 2.45) is 4.99 Å². The van der Waals surface area contributed by atoms with Crippen LogP contribution in [0.25, 0.3) is 0 Å². The number of carbonyl (C=O) groups excluding carboxylic acids is 1. The second-order valence-electron chi connectivity index (χ2n) is 8.31. The van der Waals surface area contributed by atoms with Crippen LogP contribution in [0.15, 0.2) is 64.2 Å². The van der Waals surface area contributed by atoms with E-state index < -0.39 is 5.92 Å². The lowest BCUT2D eigenvalue weighted by Crippen LogP contribution is -2.22. The zero-order valence-electron chi connectivity index (χ0n) is 17.6. The molecule has 6 heteroatoms. The Morgan fingerprint density at radius 1 is 1.16 bits per heavy atom. The molecule has 1 amide bonds. The highest BCUT2D eigenvalue weighted by molar-refractivity contribution is 6.24. The molecule has 2 aliphatic rings. The Labute approximate surface area is 181 Å². The number of anilines is 2. The Morgan fingerprint density at radius 2 is 1.94 bits per heavy atom. The lowest BCUT2D eigenvalue weighted by molar-refractivity contribution is -0.115. The first-order valence-corrected chi connectivity index (χ1v) is 10.7. The summed E-state index contributed by atoms with van der Waals surface area (Å²) < 4.78 is 5.54. The Kier molecular flexibility index (Phi) is 5.08. The lowest BCUT2D eigenvalue weighted by Gasteiger charge is -2.15. The van der Waals surface area contributed by atoms with Crippen molar-refractivity contribution < 1.29 is 9.21 Å². The van der Waals surface area contributed by atoms with Gasteiger partial charge in [0.1, 0.15) is 11.7 Å². The number of benzene rings is 2. The Morgan fingerprint density at radius 3 is 2.65 bits per heavy atom. The monoisotopic (exact) mass is 414 g/mol. The summed E-state index contributed by atoms with van der Waals surface area (Å²) in [5.74, 6) is 0.114. The van der Waals surface area contributed by atoms with Crippen LogP contribution in [0.2, 0.25) is 0 Å². The smallest absolute Gasteiger partial charge is 0.238 e. The number of fused-ring (bicyclic) bond motifs is 1. The van der Waals surface area contributed by atoms with Crippen molar-refractivity contribution in [1.29, 1.82) is 0 Å². The number of hydrogen-bond acceptors (Lipinski definition) is 5. The average Bonchev–Trinajstić information content (AvgIpc) is 3.48. The first kappa shape index (κ1) is 19.6. The normalized spacial score (nSPS) is 18.9. The SMILES string of the molecule is Cc1occc1C(=Nc1ccc(CN2CCCC2)cc1)C1C(=O)Nc2cc(N)ccc21. The van der Waals surface area contributed by atoms with Gasteiger partial charge in [-0.3, -0.25) is 14.7 Å². The zero-order valence-corrected chi connectivity index (χ0v) is 17.6. The summed E-state index contributed by atoms with van der Waals surface area (Å²) in [6.07, 6.45) is 4.20. The molecule has 0 saturated carbocycles. The number of nitrogens with zero attached hydrogens (tertiary/aromatic N) is 2. The van der Waals surface area contributed by atoms with Crippen LogP contribution in [0.1, 0.15) is 41.2 Å². The molecular weight excluding hydrogens is 388 g/mol. The largest absolute Gasteiger partial charge is 0.469 e. The van der Waals surface area contributed by atoms with Crippen LogP contribution in [0.4, 0.5) is 17.1 Å². The molecule has 2 aromatic carbocycles. The molecule has 1 atom stereocenters. The first-order chi connectivity index (χ1) is 15.1. The van der Waals surface area contributed by atoms with Crippen LogP contribution in [-0.4, -0.2) is 29.6 Å². The van der Waals surface area contributed by atoms with E-state index in [9.17, 15) is 4.79 Å². The Bertz CT molecular complexity index is 1140. The van der Waals surface area contributed by atoms with E-state index in [1.165, 1.54) is 31.5 Å². The molecule has 0 bridgehead atoms. The van der Waals surface area contributed by atoms with Crippen LogP contribution in [-0.2, 0) is 11.3 Å². The summed E-state index contributed by atoms with van der Waals surface area (Å²) in [5, 5.41) is 2.95. The summed E-state index contributed by atoms with van der Waals surface area (Å²) in [6.45, 7) is 5.20. The standard InChI is InChI=1S/C25H26N4O2/c1-16-20(10-13-31-16)24(23-21-9-6-18(26)14-22(21)28-25(23)30)27-19-7-4-17(5-8-19)15-29-11-2-3-12-29/h4-10,13-14,23H,2-3,11-12,15,26H2,1H3,(H,28,30). The third-order valence-corrected chi connectivity index (χ3v) is 6.11. The Hall–Kier alpha value is -3.38. The number of aliphatic imine (C=N–C) groups is 1. The van der Waals surface area contributed by atoms with Gasteiger partial charge in [-0.1, -0.05) is 18.2 Å². The van der Waals surface area contributed by atoms with Gasteiger partial charge in [0, 0.05) is 23.5 Å². The summed E-state index contributed by atoms with van der Waals surface area (Å²) in [5.41, 5.74) is 11.8. The van der Waals surface area contributed by atoms with Crippen molar-refractivity contribution in [3.8, 4) is 0 Å². The predicted octanol–water partition coefficient (Wildman–Crippen LogP) is 4.62. The molecule has 1 unspecified atom stereocenters. The van der Waals surface area contributed by atoms with Crippen LogP contribution in [0.5, 0.6) is 0 Å². The van der Waals surface area contributed by atoms with Gasteiger partial charge in [-0.05, 0) is 74.3 Å². The van der Waals surface area contributed by atoms with Crippen molar-refractivity contribution in [3.05, 3.63) is 77.2 Å². The molecule has 6 nitrogen and oxygen atoms in total. The second kappa shape index (κ2) is 8.04. The predicted molar refractivity (Wildman–Crippen MR) is 123 cm³/mol. The molecule has 3 N–H and O–H groups in total. The average molecular weight is 415 g/mol. The minimum Gasteiger partial charge on any atom is -0.469 e. The molecule has 1 aromatic heterocycles. The number of nitrogen functional groups attached to an aromatic ring is 1.